The summed E-state index contributed by atoms with van der Waals surface area (Å²) in [5, 5.41) is 11.9. The molecule has 0 radical (unpaired) electrons. The zero-order valence-corrected chi connectivity index (χ0v) is 11.8. The number of anilines is 1. The molecule has 1 fully saturated rings. The van der Waals surface area contributed by atoms with Crippen LogP contribution in [0.4, 0.5) is 5.82 Å². The second-order valence-electron chi connectivity index (χ2n) is 6.15. The van der Waals surface area contributed by atoms with Crippen LogP contribution in [0.1, 0.15) is 45.4 Å². The quantitative estimate of drug-likeness (QED) is 0.901. The van der Waals surface area contributed by atoms with Crippen LogP contribution in [0.2, 0.25) is 0 Å². The monoisotopic (exact) mass is 259 g/mol. The number of hydrogen-bond donors (Lipinski definition) is 1. The van der Waals surface area contributed by atoms with Crippen molar-refractivity contribution < 1.29 is 0 Å². The Balaban J connectivity index is 1.93. The maximum Gasteiger partial charge on any atom is 0.203 e. The molecule has 5 heteroatoms. The zero-order valence-electron chi connectivity index (χ0n) is 11.8. The molecule has 1 unspecified atom stereocenters. The highest BCUT2D eigenvalue weighted by Crippen LogP contribution is 2.37. The molecule has 1 N–H and O–H groups in total. The number of hydrogen-bond acceptors (Lipinski definition) is 4. The predicted molar refractivity (Wildman–Crippen MR) is 75.2 cm³/mol. The Labute approximate surface area is 113 Å². The van der Waals surface area contributed by atoms with E-state index < -0.39 is 0 Å². The Morgan fingerprint density at radius 1 is 1.32 bits per heavy atom. The van der Waals surface area contributed by atoms with Gasteiger partial charge in [-0.2, -0.15) is 0 Å². The molecule has 1 atom stereocenters. The summed E-state index contributed by atoms with van der Waals surface area (Å²) in [7, 11) is 0. The Bertz CT molecular complexity index is 587. The van der Waals surface area contributed by atoms with E-state index in [0.717, 1.165) is 17.3 Å². The summed E-state index contributed by atoms with van der Waals surface area (Å²) in [6.45, 7) is 6.62. The highest BCUT2D eigenvalue weighted by atomic mass is 15.3. The van der Waals surface area contributed by atoms with Crippen LogP contribution in [0.25, 0.3) is 5.65 Å². The summed E-state index contributed by atoms with van der Waals surface area (Å²) in [4.78, 5) is 4.45. The second kappa shape index (κ2) is 4.47. The van der Waals surface area contributed by atoms with Crippen molar-refractivity contribution in [3.63, 3.8) is 0 Å². The third-order valence-corrected chi connectivity index (χ3v) is 4.32. The molecule has 0 saturated heterocycles. The molecule has 102 valence electrons. The zero-order chi connectivity index (χ0) is 13.5. The molecule has 0 aromatic carbocycles. The Morgan fingerprint density at radius 2 is 2.16 bits per heavy atom. The molecule has 1 aliphatic rings. The first kappa shape index (κ1) is 12.4. The van der Waals surface area contributed by atoms with E-state index in [2.05, 4.69) is 34.3 Å². The fourth-order valence-corrected chi connectivity index (χ4v) is 2.97. The molecule has 0 aliphatic heterocycles. The average Bonchev–Trinajstić information content (AvgIpc) is 2.75. The van der Waals surface area contributed by atoms with Gasteiger partial charge in [-0.05, 0) is 25.2 Å². The lowest BCUT2D eigenvalue weighted by atomic mass is 9.73. The fourth-order valence-electron chi connectivity index (χ4n) is 2.97. The van der Waals surface area contributed by atoms with Gasteiger partial charge in [-0.25, -0.2) is 4.98 Å². The molecule has 2 heterocycles. The Hall–Kier alpha value is -1.65. The first-order chi connectivity index (χ1) is 9.08. The van der Waals surface area contributed by atoms with E-state index in [1.54, 1.807) is 0 Å². The van der Waals surface area contributed by atoms with Crippen molar-refractivity contribution in [3.05, 3.63) is 18.2 Å². The van der Waals surface area contributed by atoms with E-state index >= 15 is 0 Å². The van der Waals surface area contributed by atoms with Gasteiger partial charge >= 0.3 is 0 Å². The lowest BCUT2D eigenvalue weighted by Gasteiger charge is -2.39. The highest BCUT2D eigenvalue weighted by Gasteiger charge is 2.32. The fraction of sp³-hybridized carbons (Fsp3) is 0.643. The van der Waals surface area contributed by atoms with Gasteiger partial charge in [0.2, 0.25) is 5.65 Å². The van der Waals surface area contributed by atoms with Gasteiger partial charge in [0.1, 0.15) is 5.82 Å². The summed E-state index contributed by atoms with van der Waals surface area (Å²) in [5.74, 6) is 1.74. The summed E-state index contributed by atoms with van der Waals surface area (Å²) < 4.78 is 1.98. The van der Waals surface area contributed by atoms with Gasteiger partial charge in [-0.1, -0.05) is 26.7 Å². The molecule has 0 spiro atoms. The third-order valence-electron chi connectivity index (χ3n) is 4.32. The van der Waals surface area contributed by atoms with Crippen molar-refractivity contribution in [2.24, 2.45) is 5.41 Å². The average molecular weight is 259 g/mol. The van der Waals surface area contributed by atoms with E-state index in [-0.39, 0.29) is 0 Å². The standard InChI is InChI=1S/C14H21N5/c1-10-17-18-13-12(15-8-9-19(10)13)16-11-6-4-5-7-14(11,2)3/h8-9,11H,4-7H2,1-3H3,(H,15,16). The van der Waals surface area contributed by atoms with E-state index in [1.807, 2.05) is 23.7 Å². The summed E-state index contributed by atoms with van der Waals surface area (Å²) in [5.41, 5.74) is 1.13. The molecule has 0 bridgehead atoms. The topological polar surface area (TPSA) is 55.1 Å². The van der Waals surface area contributed by atoms with Crippen molar-refractivity contribution >= 4 is 11.5 Å². The number of nitrogens with one attached hydrogen (secondary N) is 1. The van der Waals surface area contributed by atoms with E-state index in [1.165, 1.54) is 25.7 Å². The lowest BCUT2D eigenvalue weighted by Crippen LogP contribution is -2.39. The van der Waals surface area contributed by atoms with E-state index in [4.69, 9.17) is 0 Å². The molecule has 3 rings (SSSR count). The minimum absolute atomic E-state index is 0.307. The number of aryl methyl sites for hydroxylation is 1. The number of nitrogens with zero attached hydrogens (tertiary/aromatic N) is 4. The number of rotatable bonds is 2. The van der Waals surface area contributed by atoms with Crippen LogP contribution < -0.4 is 5.32 Å². The second-order valence-corrected chi connectivity index (χ2v) is 6.15. The smallest absolute Gasteiger partial charge is 0.203 e. The normalized spacial score (nSPS) is 22.6. The van der Waals surface area contributed by atoms with Crippen LogP contribution >= 0.6 is 0 Å². The van der Waals surface area contributed by atoms with E-state index in [0.29, 0.717) is 11.5 Å². The van der Waals surface area contributed by atoms with Gasteiger partial charge < -0.3 is 5.32 Å². The summed E-state index contributed by atoms with van der Waals surface area (Å²) in [6, 6.07) is 0.456. The minimum Gasteiger partial charge on any atom is -0.364 e. The molecular formula is C14H21N5. The van der Waals surface area contributed by atoms with Crippen LogP contribution in [-0.2, 0) is 0 Å². The van der Waals surface area contributed by atoms with Crippen LogP contribution in [0.5, 0.6) is 0 Å². The number of aromatic nitrogens is 4. The Kier molecular flexibility index (Phi) is 2.92. The first-order valence-electron chi connectivity index (χ1n) is 7.01. The molecule has 19 heavy (non-hydrogen) atoms. The van der Waals surface area contributed by atoms with Crippen LogP contribution in [0, 0.1) is 12.3 Å². The Morgan fingerprint density at radius 3 is 2.95 bits per heavy atom. The SMILES string of the molecule is Cc1nnc2c(NC3CCCCC3(C)C)nccn12. The van der Waals surface area contributed by atoms with Crippen molar-refractivity contribution in [1.29, 1.82) is 0 Å². The van der Waals surface area contributed by atoms with Crippen LogP contribution in [-0.4, -0.2) is 25.6 Å². The molecule has 1 aliphatic carbocycles. The van der Waals surface area contributed by atoms with Crippen LogP contribution in [0.15, 0.2) is 12.4 Å². The maximum atomic E-state index is 4.45. The van der Waals surface area contributed by atoms with Gasteiger partial charge in [0.05, 0.1) is 0 Å². The largest absolute Gasteiger partial charge is 0.364 e. The van der Waals surface area contributed by atoms with Gasteiger partial charge in [-0.3, -0.25) is 4.40 Å². The summed E-state index contributed by atoms with van der Waals surface area (Å²) >= 11 is 0. The highest BCUT2D eigenvalue weighted by molar-refractivity contribution is 5.62. The first-order valence-corrected chi connectivity index (χ1v) is 7.01. The molecule has 2 aromatic rings. The van der Waals surface area contributed by atoms with Gasteiger partial charge in [0, 0.05) is 18.4 Å². The molecular weight excluding hydrogens is 238 g/mol. The van der Waals surface area contributed by atoms with Gasteiger partial charge in [0.25, 0.3) is 0 Å². The molecule has 1 saturated carbocycles. The van der Waals surface area contributed by atoms with Crippen molar-refractivity contribution in [1.82, 2.24) is 19.6 Å². The molecule has 5 nitrogen and oxygen atoms in total. The number of fused-ring (bicyclic) bond motifs is 1. The van der Waals surface area contributed by atoms with E-state index in [9.17, 15) is 0 Å². The van der Waals surface area contributed by atoms with Gasteiger partial charge in [0.15, 0.2) is 5.82 Å². The molecule has 2 aromatic heterocycles. The minimum atomic E-state index is 0.307. The lowest BCUT2D eigenvalue weighted by molar-refractivity contribution is 0.217. The van der Waals surface area contributed by atoms with Crippen molar-refractivity contribution in [2.45, 2.75) is 52.5 Å². The van der Waals surface area contributed by atoms with Gasteiger partial charge in [-0.15, -0.1) is 10.2 Å². The summed E-state index contributed by atoms with van der Waals surface area (Å²) in [6.07, 6.45) is 8.79. The maximum absolute atomic E-state index is 4.45. The predicted octanol–water partition coefficient (Wildman–Crippen LogP) is 2.81. The van der Waals surface area contributed by atoms with Crippen LogP contribution in [0.3, 0.4) is 0 Å². The molecule has 0 amide bonds. The van der Waals surface area contributed by atoms with Crippen molar-refractivity contribution in [2.75, 3.05) is 5.32 Å². The van der Waals surface area contributed by atoms with Crippen molar-refractivity contribution in [3.8, 4) is 0 Å². The third kappa shape index (κ3) is 2.17.